The van der Waals surface area contributed by atoms with Gasteiger partial charge in [0, 0.05) is 41.6 Å². The van der Waals surface area contributed by atoms with Crippen LogP contribution in [0.25, 0.3) is 11.4 Å². The number of rotatable bonds is 2. The smallest absolute Gasteiger partial charge is 0.318 e. The van der Waals surface area contributed by atoms with Crippen LogP contribution in [0.1, 0.15) is 19.7 Å². The lowest BCUT2D eigenvalue weighted by atomic mass is 10.2. The summed E-state index contributed by atoms with van der Waals surface area (Å²) in [6, 6.07) is 2.02. The van der Waals surface area contributed by atoms with Crippen molar-refractivity contribution in [3.05, 3.63) is 28.8 Å². The van der Waals surface area contributed by atoms with Crippen LogP contribution in [0.5, 0.6) is 0 Å². The van der Waals surface area contributed by atoms with Crippen molar-refractivity contribution in [2.45, 2.75) is 33.0 Å². The molecule has 1 aliphatic heterocycles. The first-order chi connectivity index (χ1) is 10.5. The predicted molar refractivity (Wildman–Crippen MR) is 85.0 cm³/mol. The van der Waals surface area contributed by atoms with E-state index in [1.165, 1.54) is 0 Å². The Hall–Kier alpha value is -1.96. The molecule has 0 bridgehead atoms. The fourth-order valence-corrected chi connectivity index (χ4v) is 2.78. The highest BCUT2D eigenvalue weighted by atomic mass is 79.9. The number of hydrogen-bond donors (Lipinski definition) is 1. The van der Waals surface area contributed by atoms with Crippen LogP contribution in [0, 0.1) is 0 Å². The molecular formula is C14H17BrN6O. The van der Waals surface area contributed by atoms with Gasteiger partial charge < -0.3 is 14.8 Å². The normalized spacial score (nSPS) is 14.1. The predicted octanol–water partition coefficient (Wildman–Crippen LogP) is 2.04. The Morgan fingerprint density at radius 1 is 1.32 bits per heavy atom. The molecule has 0 atom stereocenters. The summed E-state index contributed by atoms with van der Waals surface area (Å²) >= 11 is 3.41. The summed E-state index contributed by atoms with van der Waals surface area (Å²) in [7, 11) is 0. The molecule has 0 spiro atoms. The van der Waals surface area contributed by atoms with E-state index >= 15 is 0 Å². The van der Waals surface area contributed by atoms with Crippen LogP contribution in [0.3, 0.4) is 0 Å². The van der Waals surface area contributed by atoms with Gasteiger partial charge in [-0.05, 0) is 35.8 Å². The average molecular weight is 365 g/mol. The highest BCUT2D eigenvalue weighted by Crippen LogP contribution is 2.23. The van der Waals surface area contributed by atoms with Crippen molar-refractivity contribution in [3.8, 4) is 11.4 Å². The molecule has 0 saturated carbocycles. The Morgan fingerprint density at radius 2 is 2.14 bits per heavy atom. The SMILES string of the molecule is CC(C)NC(=O)N1CCn2c(nnc2-c2cncc(Br)c2)C1. The molecule has 2 amide bonds. The molecule has 3 heterocycles. The Labute approximate surface area is 136 Å². The number of halogens is 1. The van der Waals surface area contributed by atoms with Gasteiger partial charge in [0.15, 0.2) is 11.6 Å². The topological polar surface area (TPSA) is 75.9 Å². The number of fused-ring (bicyclic) bond motifs is 1. The van der Waals surface area contributed by atoms with Crippen molar-refractivity contribution in [1.82, 2.24) is 30.0 Å². The summed E-state index contributed by atoms with van der Waals surface area (Å²) in [5.41, 5.74) is 0.910. The van der Waals surface area contributed by atoms with Gasteiger partial charge in [-0.25, -0.2) is 4.79 Å². The molecule has 116 valence electrons. The number of carbonyl (C=O) groups is 1. The van der Waals surface area contributed by atoms with E-state index in [1.807, 2.05) is 24.5 Å². The number of nitrogens with one attached hydrogen (secondary N) is 1. The summed E-state index contributed by atoms with van der Waals surface area (Å²) in [5.74, 6) is 1.58. The number of pyridine rings is 1. The zero-order valence-electron chi connectivity index (χ0n) is 12.5. The molecule has 0 aromatic carbocycles. The molecule has 22 heavy (non-hydrogen) atoms. The average Bonchev–Trinajstić information content (AvgIpc) is 2.89. The second-order valence-corrected chi connectivity index (χ2v) is 6.42. The fourth-order valence-electron chi connectivity index (χ4n) is 2.42. The van der Waals surface area contributed by atoms with Crippen molar-refractivity contribution in [2.75, 3.05) is 6.54 Å². The molecule has 8 heteroatoms. The van der Waals surface area contributed by atoms with E-state index in [2.05, 4.69) is 36.4 Å². The summed E-state index contributed by atoms with van der Waals surface area (Å²) in [6.45, 7) is 5.67. The van der Waals surface area contributed by atoms with Crippen molar-refractivity contribution in [1.29, 1.82) is 0 Å². The minimum absolute atomic E-state index is 0.0603. The Balaban J connectivity index is 1.82. The van der Waals surface area contributed by atoms with Crippen LogP contribution < -0.4 is 5.32 Å². The van der Waals surface area contributed by atoms with Crippen LogP contribution in [0.2, 0.25) is 0 Å². The molecule has 2 aromatic rings. The summed E-state index contributed by atoms with van der Waals surface area (Å²) in [6.07, 6.45) is 3.49. The standard InChI is InChI=1S/C14H17BrN6O/c1-9(2)17-14(22)20-3-4-21-12(8-20)18-19-13(21)10-5-11(15)7-16-6-10/h5-7,9H,3-4,8H2,1-2H3,(H,17,22). The Kier molecular flexibility index (Phi) is 4.10. The van der Waals surface area contributed by atoms with Gasteiger partial charge in [0.25, 0.3) is 0 Å². The largest absolute Gasteiger partial charge is 0.336 e. The van der Waals surface area contributed by atoms with E-state index in [9.17, 15) is 4.79 Å². The van der Waals surface area contributed by atoms with Crippen molar-refractivity contribution >= 4 is 22.0 Å². The maximum absolute atomic E-state index is 12.1. The van der Waals surface area contributed by atoms with E-state index in [1.54, 1.807) is 17.3 Å². The lowest BCUT2D eigenvalue weighted by Gasteiger charge is -2.28. The first-order valence-corrected chi connectivity index (χ1v) is 7.92. The fraction of sp³-hybridized carbons (Fsp3) is 0.429. The number of nitrogens with zero attached hydrogens (tertiary/aromatic N) is 5. The van der Waals surface area contributed by atoms with Crippen LogP contribution in [-0.2, 0) is 13.1 Å². The molecular weight excluding hydrogens is 348 g/mol. The first kappa shape index (κ1) is 15.0. The maximum atomic E-state index is 12.1. The molecule has 3 rings (SSSR count). The first-order valence-electron chi connectivity index (χ1n) is 7.13. The molecule has 7 nitrogen and oxygen atoms in total. The molecule has 1 N–H and O–H groups in total. The van der Waals surface area contributed by atoms with Gasteiger partial charge in [-0.2, -0.15) is 0 Å². The van der Waals surface area contributed by atoms with Gasteiger partial charge >= 0.3 is 6.03 Å². The Bertz CT molecular complexity index is 698. The zero-order chi connectivity index (χ0) is 15.7. The van der Waals surface area contributed by atoms with Gasteiger partial charge in [0.05, 0.1) is 6.54 Å². The molecule has 0 fully saturated rings. The molecule has 0 unspecified atom stereocenters. The van der Waals surface area contributed by atoms with Crippen LogP contribution in [-0.4, -0.2) is 43.3 Å². The van der Waals surface area contributed by atoms with E-state index < -0.39 is 0 Å². The number of aromatic nitrogens is 4. The van der Waals surface area contributed by atoms with E-state index in [0.29, 0.717) is 19.6 Å². The zero-order valence-corrected chi connectivity index (χ0v) is 14.0. The molecule has 0 saturated heterocycles. The number of carbonyl (C=O) groups excluding carboxylic acids is 1. The second kappa shape index (κ2) is 6.04. The van der Waals surface area contributed by atoms with Gasteiger partial charge in [0.2, 0.25) is 0 Å². The molecule has 2 aromatic heterocycles. The van der Waals surface area contributed by atoms with Gasteiger partial charge in [0.1, 0.15) is 0 Å². The minimum Gasteiger partial charge on any atom is -0.336 e. The Morgan fingerprint density at radius 3 is 2.86 bits per heavy atom. The van der Waals surface area contributed by atoms with Gasteiger partial charge in [-0.3, -0.25) is 4.98 Å². The van der Waals surface area contributed by atoms with Crippen molar-refractivity contribution in [2.24, 2.45) is 0 Å². The monoisotopic (exact) mass is 364 g/mol. The van der Waals surface area contributed by atoms with Gasteiger partial charge in [-0.15, -0.1) is 10.2 Å². The third-order valence-corrected chi connectivity index (χ3v) is 3.85. The van der Waals surface area contributed by atoms with Crippen LogP contribution in [0.4, 0.5) is 4.79 Å². The molecule has 0 radical (unpaired) electrons. The molecule has 1 aliphatic rings. The maximum Gasteiger partial charge on any atom is 0.318 e. The number of amides is 2. The third-order valence-electron chi connectivity index (χ3n) is 3.42. The number of hydrogen-bond acceptors (Lipinski definition) is 4. The summed E-state index contributed by atoms with van der Waals surface area (Å²) in [4.78, 5) is 18.0. The quantitative estimate of drug-likeness (QED) is 0.884. The van der Waals surface area contributed by atoms with E-state index in [-0.39, 0.29) is 12.1 Å². The van der Waals surface area contributed by atoms with Gasteiger partial charge in [-0.1, -0.05) is 0 Å². The van der Waals surface area contributed by atoms with Crippen LogP contribution in [0.15, 0.2) is 22.9 Å². The lowest BCUT2D eigenvalue weighted by molar-refractivity contribution is 0.180. The van der Waals surface area contributed by atoms with Crippen molar-refractivity contribution in [3.63, 3.8) is 0 Å². The highest BCUT2D eigenvalue weighted by Gasteiger charge is 2.25. The van der Waals surface area contributed by atoms with Crippen molar-refractivity contribution < 1.29 is 4.79 Å². The summed E-state index contributed by atoms with van der Waals surface area (Å²) < 4.78 is 2.94. The summed E-state index contributed by atoms with van der Waals surface area (Å²) in [5, 5.41) is 11.4. The second-order valence-electron chi connectivity index (χ2n) is 5.51. The highest BCUT2D eigenvalue weighted by molar-refractivity contribution is 9.10. The number of urea groups is 1. The lowest BCUT2D eigenvalue weighted by Crippen LogP contribution is -2.46. The van der Waals surface area contributed by atoms with E-state index in [4.69, 9.17) is 0 Å². The minimum atomic E-state index is -0.0603. The van der Waals surface area contributed by atoms with Crippen LogP contribution >= 0.6 is 15.9 Å². The molecule has 0 aliphatic carbocycles. The van der Waals surface area contributed by atoms with E-state index in [0.717, 1.165) is 21.7 Å². The third kappa shape index (κ3) is 2.96.